The topological polar surface area (TPSA) is 26.3 Å². The zero-order valence-electron chi connectivity index (χ0n) is 9.04. The number of carbonyl (C=O) groups excluding carboxylic acids is 1. The van der Waals surface area contributed by atoms with Gasteiger partial charge in [0.1, 0.15) is 4.88 Å². The quantitative estimate of drug-likeness (QED) is 0.756. The van der Waals surface area contributed by atoms with Gasteiger partial charge in [0, 0.05) is 0 Å². The van der Waals surface area contributed by atoms with E-state index in [2.05, 4.69) is 0 Å². The van der Waals surface area contributed by atoms with Gasteiger partial charge in [-0.25, -0.2) is 4.79 Å². The van der Waals surface area contributed by atoms with E-state index in [1.165, 1.54) is 11.3 Å². The van der Waals surface area contributed by atoms with Crippen LogP contribution in [0.15, 0.2) is 18.2 Å². The molecule has 0 N–H and O–H groups in total. The summed E-state index contributed by atoms with van der Waals surface area (Å²) in [5, 5.41) is 1.71. The fourth-order valence-corrected chi connectivity index (χ4v) is 3.00. The van der Waals surface area contributed by atoms with E-state index in [0.717, 1.165) is 15.6 Å². The average Bonchev–Trinajstić information content (AvgIpc) is 2.59. The summed E-state index contributed by atoms with van der Waals surface area (Å²) in [5.74, 6) is -0.266. The molecule has 0 radical (unpaired) electrons. The Morgan fingerprint density at radius 1 is 1.50 bits per heavy atom. The molecule has 4 heteroatoms. The normalized spacial score (nSPS) is 10.7. The Balaban J connectivity index is 2.60. The Morgan fingerprint density at radius 2 is 2.25 bits per heavy atom. The van der Waals surface area contributed by atoms with Crippen LogP contribution in [0.2, 0.25) is 5.02 Å². The molecule has 84 valence electrons. The summed E-state index contributed by atoms with van der Waals surface area (Å²) in [6.45, 7) is 4.11. The highest BCUT2D eigenvalue weighted by Crippen LogP contribution is 2.35. The first-order valence-electron chi connectivity index (χ1n) is 5.00. The van der Waals surface area contributed by atoms with Gasteiger partial charge in [0.15, 0.2) is 0 Å². The minimum Gasteiger partial charge on any atom is -0.462 e. The Kier molecular flexibility index (Phi) is 3.17. The summed E-state index contributed by atoms with van der Waals surface area (Å²) >= 11 is 7.47. The van der Waals surface area contributed by atoms with Crippen molar-refractivity contribution >= 4 is 39.0 Å². The third-order valence-electron chi connectivity index (χ3n) is 2.38. The van der Waals surface area contributed by atoms with Crippen molar-refractivity contribution in [1.29, 1.82) is 0 Å². The maximum atomic E-state index is 11.7. The van der Waals surface area contributed by atoms with Crippen molar-refractivity contribution in [1.82, 2.24) is 0 Å². The van der Waals surface area contributed by atoms with Gasteiger partial charge in [0.2, 0.25) is 0 Å². The number of hydrogen-bond acceptors (Lipinski definition) is 3. The molecule has 2 rings (SSSR count). The molecular formula is C12H11ClO2S. The molecule has 0 spiro atoms. The van der Waals surface area contributed by atoms with Crippen molar-refractivity contribution < 1.29 is 9.53 Å². The summed E-state index contributed by atoms with van der Waals surface area (Å²) in [5.41, 5.74) is 0.945. The SMILES string of the molecule is CCOC(=O)c1sc2c(Cl)cccc2c1C. The number of aryl methyl sites for hydroxylation is 1. The van der Waals surface area contributed by atoms with Crippen molar-refractivity contribution in [3.05, 3.63) is 33.7 Å². The molecule has 0 atom stereocenters. The minimum absolute atomic E-state index is 0.266. The smallest absolute Gasteiger partial charge is 0.348 e. The highest BCUT2D eigenvalue weighted by atomic mass is 35.5. The van der Waals surface area contributed by atoms with Gasteiger partial charge >= 0.3 is 5.97 Å². The molecule has 0 saturated heterocycles. The van der Waals surface area contributed by atoms with Crippen LogP contribution in [0.1, 0.15) is 22.2 Å². The lowest BCUT2D eigenvalue weighted by Crippen LogP contribution is -2.03. The number of thiophene rings is 1. The first kappa shape index (κ1) is 11.4. The molecule has 0 unspecified atom stereocenters. The third-order valence-corrected chi connectivity index (χ3v) is 4.12. The van der Waals surface area contributed by atoms with Gasteiger partial charge in [0.25, 0.3) is 0 Å². The van der Waals surface area contributed by atoms with Crippen molar-refractivity contribution in [3.63, 3.8) is 0 Å². The number of rotatable bonds is 2. The summed E-state index contributed by atoms with van der Waals surface area (Å²) in [6.07, 6.45) is 0. The van der Waals surface area contributed by atoms with Gasteiger partial charge in [-0.2, -0.15) is 0 Å². The van der Waals surface area contributed by atoms with E-state index in [-0.39, 0.29) is 5.97 Å². The van der Waals surface area contributed by atoms with Crippen LogP contribution < -0.4 is 0 Å². The molecular weight excluding hydrogens is 244 g/mol. The number of fused-ring (bicyclic) bond motifs is 1. The molecule has 0 bridgehead atoms. The van der Waals surface area contributed by atoms with Gasteiger partial charge in [0.05, 0.1) is 16.3 Å². The fraction of sp³-hybridized carbons (Fsp3) is 0.250. The zero-order chi connectivity index (χ0) is 11.7. The van der Waals surface area contributed by atoms with Crippen LogP contribution in [0.5, 0.6) is 0 Å². The van der Waals surface area contributed by atoms with Crippen molar-refractivity contribution in [2.24, 2.45) is 0 Å². The monoisotopic (exact) mass is 254 g/mol. The van der Waals surface area contributed by atoms with E-state index in [1.807, 2.05) is 25.1 Å². The van der Waals surface area contributed by atoms with E-state index in [4.69, 9.17) is 16.3 Å². The molecule has 2 aromatic rings. The van der Waals surface area contributed by atoms with E-state index in [9.17, 15) is 4.79 Å². The Morgan fingerprint density at radius 3 is 2.88 bits per heavy atom. The second-order valence-corrected chi connectivity index (χ2v) is 4.82. The van der Waals surface area contributed by atoms with Gasteiger partial charge in [-0.3, -0.25) is 0 Å². The van der Waals surface area contributed by atoms with E-state index in [1.54, 1.807) is 6.92 Å². The predicted molar refractivity (Wildman–Crippen MR) is 67.5 cm³/mol. The van der Waals surface area contributed by atoms with Gasteiger partial charge in [-0.1, -0.05) is 23.7 Å². The molecule has 1 heterocycles. The Labute approximate surface area is 103 Å². The summed E-state index contributed by atoms with van der Waals surface area (Å²) in [6, 6.07) is 5.68. The maximum absolute atomic E-state index is 11.7. The van der Waals surface area contributed by atoms with E-state index < -0.39 is 0 Å². The standard InChI is InChI=1S/C12H11ClO2S/c1-3-15-12(14)10-7(2)8-5-4-6-9(13)11(8)16-10/h4-6H,3H2,1-2H3. The van der Waals surface area contributed by atoms with Crippen LogP contribution in [0.3, 0.4) is 0 Å². The zero-order valence-corrected chi connectivity index (χ0v) is 10.6. The molecule has 0 aliphatic heterocycles. The maximum Gasteiger partial charge on any atom is 0.348 e. The second kappa shape index (κ2) is 4.44. The molecule has 16 heavy (non-hydrogen) atoms. The summed E-state index contributed by atoms with van der Waals surface area (Å²) < 4.78 is 5.96. The molecule has 2 nitrogen and oxygen atoms in total. The number of halogens is 1. The van der Waals surface area contributed by atoms with Crippen molar-refractivity contribution in [2.75, 3.05) is 6.61 Å². The highest BCUT2D eigenvalue weighted by molar-refractivity contribution is 7.21. The van der Waals surface area contributed by atoms with Crippen LogP contribution in [-0.2, 0) is 4.74 Å². The second-order valence-electron chi connectivity index (χ2n) is 3.39. The van der Waals surface area contributed by atoms with E-state index >= 15 is 0 Å². The molecule has 1 aromatic heterocycles. The first-order chi connectivity index (χ1) is 7.65. The molecule has 0 fully saturated rings. The lowest BCUT2D eigenvalue weighted by molar-refractivity contribution is 0.0531. The largest absolute Gasteiger partial charge is 0.462 e. The number of esters is 1. The van der Waals surface area contributed by atoms with Crippen LogP contribution >= 0.6 is 22.9 Å². The van der Waals surface area contributed by atoms with Crippen LogP contribution in [0, 0.1) is 6.92 Å². The van der Waals surface area contributed by atoms with Crippen LogP contribution in [0.4, 0.5) is 0 Å². The van der Waals surface area contributed by atoms with Crippen molar-refractivity contribution in [3.8, 4) is 0 Å². The summed E-state index contributed by atoms with van der Waals surface area (Å²) in [7, 11) is 0. The number of ether oxygens (including phenoxy) is 1. The van der Waals surface area contributed by atoms with Gasteiger partial charge < -0.3 is 4.74 Å². The van der Waals surface area contributed by atoms with Crippen molar-refractivity contribution in [2.45, 2.75) is 13.8 Å². The van der Waals surface area contributed by atoms with E-state index in [0.29, 0.717) is 16.5 Å². The lowest BCUT2D eigenvalue weighted by Gasteiger charge is -1.99. The first-order valence-corrected chi connectivity index (χ1v) is 6.19. The highest BCUT2D eigenvalue weighted by Gasteiger charge is 2.17. The number of hydrogen-bond donors (Lipinski definition) is 0. The fourth-order valence-electron chi connectivity index (χ4n) is 1.60. The molecule has 0 aliphatic carbocycles. The Bertz CT molecular complexity index is 545. The molecule has 1 aromatic carbocycles. The predicted octanol–water partition coefficient (Wildman–Crippen LogP) is 4.04. The lowest BCUT2D eigenvalue weighted by atomic mass is 10.1. The number of carbonyl (C=O) groups is 1. The molecule has 0 saturated carbocycles. The molecule has 0 amide bonds. The van der Waals surface area contributed by atoms with Gasteiger partial charge in [-0.05, 0) is 30.9 Å². The molecule has 0 aliphatic rings. The van der Waals surface area contributed by atoms with Crippen LogP contribution in [-0.4, -0.2) is 12.6 Å². The average molecular weight is 255 g/mol. The number of benzene rings is 1. The minimum atomic E-state index is -0.266. The summed E-state index contributed by atoms with van der Waals surface area (Å²) in [4.78, 5) is 12.3. The van der Waals surface area contributed by atoms with Crippen LogP contribution in [0.25, 0.3) is 10.1 Å². The Hall–Kier alpha value is -1.06. The third kappa shape index (κ3) is 1.81. The van der Waals surface area contributed by atoms with Gasteiger partial charge in [-0.15, -0.1) is 11.3 Å².